The molecule has 1 aliphatic heterocycles. The summed E-state index contributed by atoms with van der Waals surface area (Å²) < 4.78 is 2.01. The molecular formula is C21H23N3O. The fraction of sp³-hybridized carbons (Fsp3) is 0.286. The van der Waals surface area contributed by atoms with E-state index < -0.39 is 0 Å². The second-order valence-electron chi connectivity index (χ2n) is 6.72. The maximum Gasteiger partial charge on any atom is 0.253 e. The number of aromatic nitrogens is 1. The number of benzene rings is 2. The van der Waals surface area contributed by atoms with Gasteiger partial charge in [-0.25, -0.2) is 0 Å². The molecule has 0 fully saturated rings. The molecular weight excluding hydrogens is 310 g/mol. The Hall–Kier alpha value is -2.59. The third-order valence-electron chi connectivity index (χ3n) is 5.06. The fourth-order valence-corrected chi connectivity index (χ4v) is 3.69. The molecule has 0 spiro atoms. The van der Waals surface area contributed by atoms with E-state index >= 15 is 0 Å². The molecule has 0 saturated heterocycles. The normalized spacial score (nSPS) is 14.4. The van der Waals surface area contributed by atoms with Crippen molar-refractivity contribution in [1.29, 1.82) is 0 Å². The molecule has 128 valence electrons. The molecule has 25 heavy (non-hydrogen) atoms. The van der Waals surface area contributed by atoms with E-state index in [4.69, 9.17) is 0 Å². The number of rotatable bonds is 4. The third kappa shape index (κ3) is 3.17. The van der Waals surface area contributed by atoms with Crippen LogP contribution in [0.4, 0.5) is 0 Å². The Balaban J connectivity index is 1.37. The molecule has 2 aromatic carbocycles. The summed E-state index contributed by atoms with van der Waals surface area (Å²) in [6.45, 7) is 3.58. The molecule has 0 unspecified atom stereocenters. The molecule has 4 nitrogen and oxygen atoms in total. The minimum absolute atomic E-state index is 0.00853. The summed E-state index contributed by atoms with van der Waals surface area (Å²) in [5, 5.41) is 4.09. The van der Waals surface area contributed by atoms with Gasteiger partial charge < -0.3 is 9.88 Å². The summed E-state index contributed by atoms with van der Waals surface area (Å²) >= 11 is 0. The van der Waals surface area contributed by atoms with Gasteiger partial charge in [0.05, 0.1) is 5.56 Å². The predicted octanol–water partition coefficient (Wildman–Crippen LogP) is 2.97. The lowest BCUT2D eigenvalue weighted by molar-refractivity contribution is 0.0949. The first-order valence-electron chi connectivity index (χ1n) is 8.84. The summed E-state index contributed by atoms with van der Waals surface area (Å²) in [4.78, 5) is 15.0. The van der Waals surface area contributed by atoms with E-state index in [-0.39, 0.29) is 5.91 Å². The first-order valence-corrected chi connectivity index (χ1v) is 8.84. The van der Waals surface area contributed by atoms with Crippen LogP contribution in [0, 0.1) is 0 Å². The van der Waals surface area contributed by atoms with Crippen molar-refractivity contribution in [3.05, 3.63) is 71.4 Å². The van der Waals surface area contributed by atoms with Crippen molar-refractivity contribution in [2.75, 3.05) is 19.6 Å². The average Bonchev–Trinajstić information content (AvgIpc) is 2.99. The maximum atomic E-state index is 12.6. The summed E-state index contributed by atoms with van der Waals surface area (Å²) in [6, 6.07) is 16.7. The van der Waals surface area contributed by atoms with Crippen molar-refractivity contribution >= 4 is 16.8 Å². The van der Waals surface area contributed by atoms with Crippen molar-refractivity contribution in [2.24, 2.45) is 7.05 Å². The minimum Gasteiger partial charge on any atom is -0.351 e. The standard InChI is InChI=1S/C21H23N3O/c1-23-15-19(18-8-4-5-9-20(18)23)21(25)22-11-13-24-12-10-16-6-2-3-7-17(16)14-24/h2-9,15H,10-14H2,1H3,(H,22,25). The smallest absolute Gasteiger partial charge is 0.253 e. The van der Waals surface area contributed by atoms with Gasteiger partial charge in [-0.3, -0.25) is 9.69 Å². The monoisotopic (exact) mass is 333 g/mol. The van der Waals surface area contributed by atoms with E-state index in [0.717, 1.165) is 42.5 Å². The highest BCUT2D eigenvalue weighted by Gasteiger charge is 2.16. The van der Waals surface area contributed by atoms with Gasteiger partial charge in [0.1, 0.15) is 0 Å². The Kier molecular flexibility index (Phi) is 4.28. The number of hydrogen-bond donors (Lipinski definition) is 1. The number of para-hydroxylation sites is 1. The van der Waals surface area contributed by atoms with E-state index in [1.54, 1.807) is 0 Å². The zero-order valence-electron chi connectivity index (χ0n) is 14.5. The van der Waals surface area contributed by atoms with Crippen LogP contribution in [0.2, 0.25) is 0 Å². The van der Waals surface area contributed by atoms with Crippen molar-refractivity contribution < 1.29 is 4.79 Å². The molecule has 3 aromatic rings. The zero-order valence-corrected chi connectivity index (χ0v) is 14.5. The number of nitrogens with one attached hydrogen (secondary N) is 1. The van der Waals surface area contributed by atoms with Crippen LogP contribution in [-0.2, 0) is 20.0 Å². The van der Waals surface area contributed by atoms with Gasteiger partial charge in [0, 0.05) is 50.3 Å². The van der Waals surface area contributed by atoms with E-state index in [1.807, 2.05) is 42.1 Å². The number of carbonyl (C=O) groups is 1. The van der Waals surface area contributed by atoms with Crippen LogP contribution in [0.15, 0.2) is 54.7 Å². The summed E-state index contributed by atoms with van der Waals surface area (Å²) in [5.74, 6) is 0.00853. The Labute approximate surface area is 148 Å². The molecule has 4 heteroatoms. The summed E-state index contributed by atoms with van der Waals surface area (Å²) in [5.41, 5.74) is 4.70. The number of hydrogen-bond acceptors (Lipinski definition) is 2. The largest absolute Gasteiger partial charge is 0.351 e. The summed E-state index contributed by atoms with van der Waals surface area (Å²) in [6.07, 6.45) is 3.00. The van der Waals surface area contributed by atoms with Gasteiger partial charge in [-0.1, -0.05) is 42.5 Å². The van der Waals surface area contributed by atoms with Gasteiger partial charge in [0.2, 0.25) is 0 Å². The second kappa shape index (κ2) is 6.73. The van der Waals surface area contributed by atoms with Crippen LogP contribution < -0.4 is 5.32 Å². The lowest BCUT2D eigenvalue weighted by Crippen LogP contribution is -2.37. The molecule has 4 rings (SSSR count). The number of nitrogens with zero attached hydrogens (tertiary/aromatic N) is 2. The summed E-state index contributed by atoms with van der Waals surface area (Å²) in [7, 11) is 1.98. The van der Waals surface area contributed by atoms with Gasteiger partial charge in [-0.05, 0) is 23.6 Å². The predicted molar refractivity (Wildman–Crippen MR) is 101 cm³/mol. The third-order valence-corrected chi connectivity index (χ3v) is 5.06. The second-order valence-corrected chi connectivity index (χ2v) is 6.72. The number of amides is 1. The molecule has 1 N–H and O–H groups in total. The van der Waals surface area contributed by atoms with Crippen LogP contribution in [0.3, 0.4) is 0 Å². The SMILES string of the molecule is Cn1cc(C(=O)NCCN2CCc3ccccc3C2)c2ccccc21. The molecule has 0 aliphatic carbocycles. The Morgan fingerprint density at radius 1 is 1.08 bits per heavy atom. The van der Waals surface area contributed by atoms with E-state index in [9.17, 15) is 4.79 Å². The lowest BCUT2D eigenvalue weighted by Gasteiger charge is -2.28. The lowest BCUT2D eigenvalue weighted by atomic mass is 10.00. The first kappa shape index (κ1) is 15.9. The fourth-order valence-electron chi connectivity index (χ4n) is 3.69. The first-order chi connectivity index (χ1) is 12.2. The highest BCUT2D eigenvalue weighted by molar-refractivity contribution is 6.06. The Morgan fingerprint density at radius 3 is 2.72 bits per heavy atom. The zero-order chi connectivity index (χ0) is 17.2. The molecule has 2 heterocycles. The molecule has 1 amide bonds. The molecule has 1 aliphatic rings. The van der Waals surface area contributed by atoms with Crippen molar-refractivity contribution in [1.82, 2.24) is 14.8 Å². The molecule has 0 saturated carbocycles. The molecule has 0 radical (unpaired) electrons. The van der Waals surface area contributed by atoms with Crippen molar-refractivity contribution in [2.45, 2.75) is 13.0 Å². The van der Waals surface area contributed by atoms with E-state index in [0.29, 0.717) is 6.54 Å². The molecule has 0 atom stereocenters. The Morgan fingerprint density at radius 2 is 1.84 bits per heavy atom. The number of carbonyl (C=O) groups excluding carboxylic acids is 1. The maximum absolute atomic E-state index is 12.6. The number of aryl methyl sites for hydroxylation is 1. The highest BCUT2D eigenvalue weighted by Crippen LogP contribution is 2.20. The number of fused-ring (bicyclic) bond motifs is 2. The van der Waals surface area contributed by atoms with Crippen LogP contribution in [0.25, 0.3) is 10.9 Å². The molecule has 1 aromatic heterocycles. The van der Waals surface area contributed by atoms with Gasteiger partial charge >= 0.3 is 0 Å². The van der Waals surface area contributed by atoms with Crippen LogP contribution in [0.5, 0.6) is 0 Å². The van der Waals surface area contributed by atoms with Gasteiger partial charge in [0.25, 0.3) is 5.91 Å². The quantitative estimate of drug-likeness (QED) is 0.797. The van der Waals surface area contributed by atoms with Gasteiger partial charge in [-0.2, -0.15) is 0 Å². The average molecular weight is 333 g/mol. The van der Waals surface area contributed by atoms with Crippen LogP contribution >= 0.6 is 0 Å². The van der Waals surface area contributed by atoms with Crippen LogP contribution in [0.1, 0.15) is 21.5 Å². The highest BCUT2D eigenvalue weighted by atomic mass is 16.1. The van der Waals surface area contributed by atoms with Crippen molar-refractivity contribution in [3.8, 4) is 0 Å². The van der Waals surface area contributed by atoms with E-state index in [2.05, 4.69) is 34.5 Å². The Bertz CT molecular complexity index is 912. The van der Waals surface area contributed by atoms with Crippen molar-refractivity contribution in [3.63, 3.8) is 0 Å². The minimum atomic E-state index is 0.00853. The van der Waals surface area contributed by atoms with Gasteiger partial charge in [0.15, 0.2) is 0 Å². The molecule has 0 bridgehead atoms. The van der Waals surface area contributed by atoms with Crippen LogP contribution in [-0.4, -0.2) is 35.0 Å². The van der Waals surface area contributed by atoms with Gasteiger partial charge in [-0.15, -0.1) is 0 Å². The topological polar surface area (TPSA) is 37.3 Å². The van der Waals surface area contributed by atoms with E-state index in [1.165, 1.54) is 11.1 Å².